The van der Waals surface area contributed by atoms with Gasteiger partial charge in [0.05, 0.1) is 37.6 Å². The Morgan fingerprint density at radius 3 is 1.29 bits per heavy atom. The number of ketones is 1. The second-order valence-electron chi connectivity index (χ2n) is 15.9. The Balaban J connectivity index is 0.952. The van der Waals surface area contributed by atoms with Gasteiger partial charge in [-0.3, -0.25) is 4.79 Å². The van der Waals surface area contributed by atoms with E-state index in [1.165, 1.54) is 12.7 Å². The SMILES string of the molecule is O=C(C(/C=C/c1ccccc1Br)c1ccc(Oc2ncnc3c2ncn3Cc2ccccc2)cc1)C(/C=C/c1ccccc1Br)c1ccc(Oc2ncnc3c2ncn3Cc2ccccc2)cc1. The number of rotatable bonds is 16. The van der Waals surface area contributed by atoms with Gasteiger partial charge in [-0.15, -0.1) is 0 Å². The van der Waals surface area contributed by atoms with E-state index in [2.05, 4.69) is 86.0 Å². The average molecular weight is 1020 g/mol. The number of fused-ring (bicyclic) bond motifs is 2. The number of hydrogen-bond donors (Lipinski definition) is 0. The molecular weight excluding hydrogens is 980 g/mol. The predicted octanol–water partition coefficient (Wildman–Crippen LogP) is 13.0. The van der Waals surface area contributed by atoms with Crippen LogP contribution in [0.5, 0.6) is 23.3 Å². The van der Waals surface area contributed by atoms with E-state index in [9.17, 15) is 0 Å². The van der Waals surface area contributed by atoms with Gasteiger partial charge in [0, 0.05) is 8.95 Å². The Morgan fingerprint density at radius 1 is 0.485 bits per heavy atom. The molecule has 0 saturated carbocycles. The monoisotopic (exact) mass is 1020 g/mol. The molecule has 0 N–H and O–H groups in total. The first kappa shape index (κ1) is 44.0. The number of imidazole rings is 2. The van der Waals surface area contributed by atoms with E-state index in [1.807, 2.05) is 167 Å². The molecule has 4 aromatic heterocycles. The molecule has 4 heterocycles. The van der Waals surface area contributed by atoms with Gasteiger partial charge in [0.1, 0.15) is 24.2 Å². The lowest BCUT2D eigenvalue weighted by Gasteiger charge is -2.20. The van der Waals surface area contributed by atoms with E-state index >= 15 is 4.79 Å². The summed E-state index contributed by atoms with van der Waals surface area (Å²) in [5.74, 6) is 0.378. The molecule has 0 saturated heterocycles. The van der Waals surface area contributed by atoms with Crippen molar-refractivity contribution in [2.75, 3.05) is 0 Å². The Morgan fingerprint density at radius 2 is 0.882 bits per heavy atom. The van der Waals surface area contributed by atoms with E-state index < -0.39 is 11.8 Å². The third-order valence-electron chi connectivity index (χ3n) is 11.4. The number of Topliss-reactive ketones (excluding diaryl/α,β-unsaturated/α-hetero) is 1. The Kier molecular flexibility index (Phi) is 13.2. The molecule has 0 aliphatic rings. The number of benzene rings is 6. The van der Waals surface area contributed by atoms with Gasteiger partial charge in [-0.1, -0.05) is 177 Å². The molecule has 0 radical (unpaired) electrons. The van der Waals surface area contributed by atoms with E-state index in [1.54, 1.807) is 12.7 Å². The summed E-state index contributed by atoms with van der Waals surface area (Å²) < 4.78 is 18.4. The molecule has 2 unspecified atom stereocenters. The van der Waals surface area contributed by atoms with Crippen LogP contribution in [0.25, 0.3) is 34.5 Å². The zero-order valence-corrected chi connectivity index (χ0v) is 39.4. The molecule has 332 valence electrons. The maximum atomic E-state index is 15.3. The normalized spacial score (nSPS) is 12.5. The molecule has 13 heteroatoms. The van der Waals surface area contributed by atoms with E-state index in [-0.39, 0.29) is 5.78 Å². The van der Waals surface area contributed by atoms with Crippen LogP contribution in [0.2, 0.25) is 0 Å². The first-order valence-corrected chi connectivity index (χ1v) is 23.4. The van der Waals surface area contributed by atoms with Gasteiger partial charge in [0.15, 0.2) is 28.1 Å². The van der Waals surface area contributed by atoms with Gasteiger partial charge in [-0.2, -0.15) is 9.97 Å². The molecule has 11 nitrogen and oxygen atoms in total. The van der Waals surface area contributed by atoms with Crippen LogP contribution in [0.15, 0.2) is 204 Å². The fraction of sp³-hybridized carbons (Fsp3) is 0.0727. The van der Waals surface area contributed by atoms with Crippen LogP contribution in [0.1, 0.15) is 45.2 Å². The summed E-state index contributed by atoms with van der Waals surface area (Å²) in [7, 11) is 0. The average Bonchev–Trinajstić information content (AvgIpc) is 3.99. The lowest BCUT2D eigenvalue weighted by Crippen LogP contribution is -2.18. The molecular formula is C55H40Br2N8O3. The topological polar surface area (TPSA) is 123 Å². The van der Waals surface area contributed by atoms with Crippen molar-refractivity contribution in [3.63, 3.8) is 0 Å². The van der Waals surface area contributed by atoms with Crippen molar-refractivity contribution in [1.82, 2.24) is 39.0 Å². The molecule has 2 atom stereocenters. The third kappa shape index (κ3) is 9.94. The maximum Gasteiger partial charge on any atom is 0.250 e. The van der Waals surface area contributed by atoms with Crippen LogP contribution in [0, 0.1) is 0 Å². The van der Waals surface area contributed by atoms with Crippen LogP contribution in [0.4, 0.5) is 0 Å². The first-order valence-electron chi connectivity index (χ1n) is 21.8. The summed E-state index contributed by atoms with van der Waals surface area (Å²) in [6, 6.07) is 51.2. The number of ether oxygens (including phenoxy) is 2. The van der Waals surface area contributed by atoms with Crippen molar-refractivity contribution in [3.8, 4) is 23.3 Å². The first-order chi connectivity index (χ1) is 33.4. The maximum absolute atomic E-state index is 15.3. The molecule has 0 fully saturated rings. The molecule has 0 amide bonds. The fourth-order valence-electron chi connectivity index (χ4n) is 7.92. The third-order valence-corrected chi connectivity index (χ3v) is 12.8. The molecule has 10 rings (SSSR count). The van der Waals surface area contributed by atoms with Crippen molar-refractivity contribution in [3.05, 3.63) is 238 Å². The summed E-state index contributed by atoms with van der Waals surface area (Å²) in [5, 5.41) is 0. The van der Waals surface area contributed by atoms with Gasteiger partial charge in [0.25, 0.3) is 11.8 Å². The summed E-state index contributed by atoms with van der Waals surface area (Å²) in [6.45, 7) is 1.22. The van der Waals surface area contributed by atoms with E-state index in [4.69, 9.17) is 9.47 Å². The molecule has 0 aliphatic heterocycles. The summed E-state index contributed by atoms with van der Waals surface area (Å²) >= 11 is 7.37. The van der Waals surface area contributed by atoms with Crippen molar-refractivity contribution in [2.24, 2.45) is 0 Å². The van der Waals surface area contributed by atoms with Crippen LogP contribution in [-0.2, 0) is 17.9 Å². The van der Waals surface area contributed by atoms with Gasteiger partial charge in [-0.25, -0.2) is 19.9 Å². The smallest absolute Gasteiger partial charge is 0.250 e. The van der Waals surface area contributed by atoms with Crippen molar-refractivity contribution in [2.45, 2.75) is 24.9 Å². The van der Waals surface area contributed by atoms with E-state index in [0.717, 1.165) is 42.3 Å². The summed E-state index contributed by atoms with van der Waals surface area (Å²) in [4.78, 5) is 42.5. The predicted molar refractivity (Wildman–Crippen MR) is 272 cm³/mol. The molecule has 0 aliphatic carbocycles. The van der Waals surface area contributed by atoms with Crippen molar-refractivity contribution >= 4 is 72.1 Å². The Bertz CT molecular complexity index is 3190. The second-order valence-corrected chi connectivity index (χ2v) is 17.6. The second kappa shape index (κ2) is 20.3. The Hall–Kier alpha value is -7.87. The molecule has 0 spiro atoms. The van der Waals surface area contributed by atoms with E-state index in [0.29, 0.717) is 58.7 Å². The molecule has 0 bridgehead atoms. The minimum atomic E-state index is -0.666. The lowest BCUT2D eigenvalue weighted by molar-refractivity contribution is -0.120. The summed E-state index contributed by atoms with van der Waals surface area (Å²) in [5.41, 5.74) is 8.12. The van der Waals surface area contributed by atoms with Crippen LogP contribution in [0.3, 0.4) is 0 Å². The van der Waals surface area contributed by atoms with Crippen molar-refractivity contribution < 1.29 is 14.3 Å². The van der Waals surface area contributed by atoms with Crippen LogP contribution in [-0.4, -0.2) is 44.8 Å². The number of allylic oxidation sites excluding steroid dienone is 2. The standard InChI is InChI=1S/C55H40Br2N8O3/c56-47-17-9-7-15-41(47)23-29-45(39-19-25-43(26-20-39)67-54-49-52(58-33-60-54)64(35-62-49)31-37-11-3-1-4-12-37)51(66)46(30-24-42-16-8-10-18-48(42)57)40-21-27-44(28-22-40)68-55-50-53(59-34-61-55)65(36-63-50)32-38-13-5-2-6-14-38/h1-30,33-36,45-46H,31-32H2/b29-23+,30-24+. The zero-order valence-electron chi connectivity index (χ0n) is 36.3. The number of nitrogens with zero attached hydrogens (tertiary/aromatic N) is 8. The highest BCUT2D eigenvalue weighted by atomic mass is 79.9. The Labute approximate surface area is 408 Å². The van der Waals surface area contributed by atoms with Crippen LogP contribution < -0.4 is 9.47 Å². The molecule has 68 heavy (non-hydrogen) atoms. The van der Waals surface area contributed by atoms with Gasteiger partial charge in [-0.05, 0) is 69.8 Å². The minimum absolute atomic E-state index is 0.0399. The number of halogens is 2. The fourth-order valence-corrected chi connectivity index (χ4v) is 8.76. The largest absolute Gasteiger partial charge is 0.437 e. The number of hydrogen-bond acceptors (Lipinski definition) is 9. The number of carbonyl (C=O) groups is 1. The number of aromatic nitrogens is 8. The van der Waals surface area contributed by atoms with Crippen molar-refractivity contribution in [1.29, 1.82) is 0 Å². The quantitative estimate of drug-likeness (QED) is 0.0931. The highest BCUT2D eigenvalue weighted by Crippen LogP contribution is 2.35. The molecule has 10 aromatic rings. The van der Waals surface area contributed by atoms with Gasteiger partial charge >= 0.3 is 0 Å². The van der Waals surface area contributed by atoms with Gasteiger partial charge in [0.2, 0.25) is 0 Å². The highest BCUT2D eigenvalue weighted by Gasteiger charge is 2.27. The highest BCUT2D eigenvalue weighted by molar-refractivity contribution is 9.10. The minimum Gasteiger partial charge on any atom is -0.437 e. The summed E-state index contributed by atoms with van der Waals surface area (Å²) in [6.07, 6.45) is 14.3. The van der Waals surface area contributed by atoms with Crippen LogP contribution >= 0.6 is 31.9 Å². The zero-order chi connectivity index (χ0) is 46.2. The lowest BCUT2D eigenvalue weighted by atomic mass is 9.82. The molecule has 6 aromatic carbocycles. The number of carbonyl (C=O) groups excluding carboxylic acids is 1. The van der Waals surface area contributed by atoms with Gasteiger partial charge < -0.3 is 18.6 Å².